The summed E-state index contributed by atoms with van der Waals surface area (Å²) in [7, 11) is 0. The molecule has 2 aromatic heterocycles. The number of rotatable bonds is 12. The van der Waals surface area contributed by atoms with Crippen LogP contribution in [0, 0.1) is 11.6 Å². The molecule has 0 amide bonds. The SMILES string of the molecule is Fc1ccccc1CNc1ccc(-c2cc(COCc3cc(-c4ccc(NCc5ccccc5F)cc4)no3)on2)cc1. The van der Waals surface area contributed by atoms with Crippen molar-refractivity contribution in [3.05, 3.63) is 143 Å². The molecule has 0 fully saturated rings. The standard InChI is InChI=1S/C34H28F2N4O3/c35-31-7-3-1-5-25(31)19-37-27-13-9-23(10-14-27)33-17-29(42-39-33)21-41-22-30-18-34(40-43-30)24-11-15-28(16-12-24)38-20-26-6-2-4-8-32(26)36/h1-18,37-38H,19-22H2. The molecular weight excluding hydrogens is 550 g/mol. The van der Waals surface area contributed by atoms with E-state index in [9.17, 15) is 8.78 Å². The average Bonchev–Trinajstić information content (AvgIpc) is 3.71. The van der Waals surface area contributed by atoms with Crippen molar-refractivity contribution in [2.24, 2.45) is 0 Å². The lowest BCUT2D eigenvalue weighted by Crippen LogP contribution is -2.01. The Morgan fingerprint density at radius 2 is 0.977 bits per heavy atom. The molecule has 7 nitrogen and oxygen atoms in total. The maximum Gasteiger partial charge on any atom is 0.163 e. The van der Waals surface area contributed by atoms with E-state index in [0.29, 0.717) is 47.1 Å². The maximum atomic E-state index is 13.8. The van der Waals surface area contributed by atoms with E-state index in [-0.39, 0.29) is 24.8 Å². The Bertz CT molecular complexity index is 1650. The lowest BCUT2D eigenvalue weighted by atomic mass is 10.1. The third kappa shape index (κ3) is 7.14. The summed E-state index contributed by atoms with van der Waals surface area (Å²) in [6.45, 7) is 1.22. The molecule has 0 spiro atoms. The van der Waals surface area contributed by atoms with Gasteiger partial charge in [0, 0.05) is 58.9 Å². The fourth-order valence-electron chi connectivity index (χ4n) is 4.48. The highest BCUT2D eigenvalue weighted by Gasteiger charge is 2.11. The van der Waals surface area contributed by atoms with Gasteiger partial charge in [-0.2, -0.15) is 0 Å². The van der Waals surface area contributed by atoms with Gasteiger partial charge in [-0.05, 0) is 36.4 Å². The van der Waals surface area contributed by atoms with E-state index in [2.05, 4.69) is 20.9 Å². The van der Waals surface area contributed by atoms with Gasteiger partial charge in [0.2, 0.25) is 0 Å². The van der Waals surface area contributed by atoms with Crippen LogP contribution in [0.3, 0.4) is 0 Å². The van der Waals surface area contributed by atoms with E-state index in [4.69, 9.17) is 13.8 Å². The van der Waals surface area contributed by atoms with Crippen LogP contribution < -0.4 is 10.6 Å². The highest BCUT2D eigenvalue weighted by Crippen LogP contribution is 2.24. The Hall–Kier alpha value is -5.28. The van der Waals surface area contributed by atoms with Crippen LogP contribution >= 0.6 is 0 Å². The molecular formula is C34H28F2N4O3. The Morgan fingerprint density at radius 1 is 0.558 bits per heavy atom. The van der Waals surface area contributed by atoms with Crippen LogP contribution in [-0.4, -0.2) is 10.3 Å². The molecule has 0 saturated heterocycles. The van der Waals surface area contributed by atoms with Crippen molar-refractivity contribution in [2.75, 3.05) is 10.6 Å². The van der Waals surface area contributed by atoms with Gasteiger partial charge < -0.3 is 24.4 Å². The van der Waals surface area contributed by atoms with Gasteiger partial charge in [-0.3, -0.25) is 0 Å². The molecule has 0 aliphatic heterocycles. The summed E-state index contributed by atoms with van der Waals surface area (Å²) in [5.41, 5.74) is 6.11. The van der Waals surface area contributed by atoms with Gasteiger partial charge in [-0.25, -0.2) is 8.78 Å². The number of anilines is 2. The Balaban J connectivity index is 0.968. The van der Waals surface area contributed by atoms with E-state index >= 15 is 0 Å². The molecule has 0 aliphatic carbocycles. The lowest BCUT2D eigenvalue weighted by molar-refractivity contribution is 0.0727. The zero-order chi connectivity index (χ0) is 29.4. The number of hydrogen-bond donors (Lipinski definition) is 2. The third-order valence-electron chi connectivity index (χ3n) is 6.85. The summed E-state index contributed by atoms with van der Waals surface area (Å²) in [6.07, 6.45) is 0. The Morgan fingerprint density at radius 3 is 1.40 bits per heavy atom. The van der Waals surface area contributed by atoms with E-state index in [1.165, 1.54) is 12.1 Å². The van der Waals surface area contributed by atoms with Crippen LogP contribution in [0.4, 0.5) is 20.2 Å². The minimum absolute atomic E-state index is 0.216. The molecule has 4 aromatic carbocycles. The normalized spacial score (nSPS) is 11.0. The number of benzene rings is 4. The first-order valence-electron chi connectivity index (χ1n) is 13.7. The second-order valence-electron chi connectivity index (χ2n) is 9.89. The molecule has 0 unspecified atom stereocenters. The summed E-state index contributed by atoms with van der Waals surface area (Å²) >= 11 is 0. The topological polar surface area (TPSA) is 85.4 Å². The van der Waals surface area contributed by atoms with Gasteiger partial charge in [0.15, 0.2) is 11.5 Å². The van der Waals surface area contributed by atoms with E-state index in [0.717, 1.165) is 22.5 Å². The number of nitrogens with one attached hydrogen (secondary N) is 2. The predicted octanol–water partition coefficient (Wildman–Crippen LogP) is 8.22. The average molecular weight is 579 g/mol. The number of nitrogens with zero attached hydrogens (tertiary/aromatic N) is 2. The molecule has 6 rings (SSSR count). The first kappa shape index (κ1) is 27.9. The van der Waals surface area contributed by atoms with Gasteiger partial charge in [-0.1, -0.05) is 71.0 Å². The molecule has 216 valence electrons. The van der Waals surface area contributed by atoms with Crippen LogP contribution in [0.25, 0.3) is 22.5 Å². The summed E-state index contributed by atoms with van der Waals surface area (Å²) in [6, 6.07) is 32.4. The first-order chi connectivity index (χ1) is 21.1. The molecule has 0 bridgehead atoms. The van der Waals surface area contributed by atoms with Gasteiger partial charge in [-0.15, -0.1) is 0 Å². The van der Waals surface area contributed by atoms with Gasteiger partial charge in [0.1, 0.15) is 36.2 Å². The Kier molecular flexibility index (Phi) is 8.51. The highest BCUT2D eigenvalue weighted by atomic mass is 19.1. The zero-order valence-electron chi connectivity index (χ0n) is 23.1. The zero-order valence-corrected chi connectivity index (χ0v) is 23.1. The maximum absolute atomic E-state index is 13.8. The van der Waals surface area contributed by atoms with Crippen molar-refractivity contribution in [1.29, 1.82) is 0 Å². The smallest absolute Gasteiger partial charge is 0.163 e. The van der Waals surface area contributed by atoms with Gasteiger partial charge >= 0.3 is 0 Å². The van der Waals surface area contributed by atoms with Crippen LogP contribution in [0.15, 0.2) is 118 Å². The van der Waals surface area contributed by atoms with Gasteiger partial charge in [0.25, 0.3) is 0 Å². The molecule has 0 atom stereocenters. The van der Waals surface area contributed by atoms with Crippen molar-refractivity contribution >= 4 is 11.4 Å². The molecule has 6 aromatic rings. The fourth-order valence-corrected chi connectivity index (χ4v) is 4.48. The van der Waals surface area contributed by atoms with Crippen LogP contribution in [0.1, 0.15) is 22.6 Å². The third-order valence-corrected chi connectivity index (χ3v) is 6.85. The van der Waals surface area contributed by atoms with E-state index < -0.39 is 0 Å². The van der Waals surface area contributed by atoms with Crippen molar-refractivity contribution in [3.63, 3.8) is 0 Å². The van der Waals surface area contributed by atoms with E-state index in [1.807, 2.05) is 72.8 Å². The number of aromatic nitrogens is 2. The molecule has 2 N–H and O–H groups in total. The second kappa shape index (κ2) is 13.1. The second-order valence-corrected chi connectivity index (χ2v) is 9.89. The summed E-state index contributed by atoms with van der Waals surface area (Å²) in [5.74, 6) is 0.696. The molecule has 9 heteroatoms. The lowest BCUT2D eigenvalue weighted by Gasteiger charge is -2.07. The molecule has 0 saturated carbocycles. The van der Waals surface area contributed by atoms with Crippen molar-refractivity contribution in [2.45, 2.75) is 26.3 Å². The molecule has 0 radical (unpaired) electrons. The predicted molar refractivity (Wildman–Crippen MR) is 160 cm³/mol. The number of ether oxygens (including phenoxy) is 1. The fraction of sp³-hybridized carbons (Fsp3) is 0.118. The van der Waals surface area contributed by atoms with Crippen LogP contribution in [0.5, 0.6) is 0 Å². The number of halogens is 2. The summed E-state index contributed by atoms with van der Waals surface area (Å²) in [4.78, 5) is 0. The molecule has 43 heavy (non-hydrogen) atoms. The van der Waals surface area contributed by atoms with Gasteiger partial charge in [0.05, 0.1) is 0 Å². The van der Waals surface area contributed by atoms with Crippen LogP contribution in [0.2, 0.25) is 0 Å². The Labute approximate surface area is 247 Å². The summed E-state index contributed by atoms with van der Waals surface area (Å²) in [5, 5.41) is 14.7. The first-order valence-corrected chi connectivity index (χ1v) is 13.7. The van der Waals surface area contributed by atoms with E-state index in [1.54, 1.807) is 24.3 Å². The highest BCUT2D eigenvalue weighted by molar-refractivity contribution is 5.63. The minimum atomic E-state index is -0.231. The minimum Gasteiger partial charge on any atom is -0.381 e. The van der Waals surface area contributed by atoms with Crippen molar-refractivity contribution in [3.8, 4) is 22.5 Å². The summed E-state index contributed by atoms with van der Waals surface area (Å²) < 4.78 is 44.3. The molecule has 2 heterocycles. The largest absolute Gasteiger partial charge is 0.381 e. The molecule has 0 aliphatic rings. The quantitative estimate of drug-likeness (QED) is 0.151. The monoisotopic (exact) mass is 578 g/mol. The van der Waals surface area contributed by atoms with Crippen molar-refractivity contribution < 1.29 is 22.6 Å². The van der Waals surface area contributed by atoms with Crippen LogP contribution in [-0.2, 0) is 31.0 Å². The van der Waals surface area contributed by atoms with Crippen molar-refractivity contribution in [1.82, 2.24) is 10.3 Å². The number of hydrogen-bond acceptors (Lipinski definition) is 7.